The quantitative estimate of drug-likeness (QED) is 0.718. The average Bonchev–Trinajstić information content (AvgIpc) is 2.56. The molecule has 1 heterocycles. The van der Waals surface area contributed by atoms with Crippen LogP contribution in [0.4, 0.5) is 0 Å². The molecule has 1 amide bonds. The van der Waals surface area contributed by atoms with Crippen molar-refractivity contribution in [3.05, 3.63) is 0 Å². The first-order valence-electron chi connectivity index (χ1n) is 6.78. The Kier molecular flexibility index (Phi) is 4.22. The zero-order valence-electron chi connectivity index (χ0n) is 10.3. The van der Waals surface area contributed by atoms with E-state index < -0.39 is 0 Å². The van der Waals surface area contributed by atoms with Crippen LogP contribution in [-0.2, 0) is 4.79 Å². The Balaban J connectivity index is 1.73. The van der Waals surface area contributed by atoms with Crippen LogP contribution >= 0.6 is 0 Å². The normalized spacial score (nSPS) is 35.8. The second kappa shape index (κ2) is 5.67. The molecule has 0 aromatic heterocycles. The lowest BCUT2D eigenvalue weighted by Crippen LogP contribution is -2.42. The molecule has 1 saturated carbocycles. The standard InChI is InChI=1S/C13H24N2O/c1-10-5-3-2-4-6-12(10)14-9-11-7-8-13(16)15-11/h10-12,14H,2-9H2,1H3,(H,15,16). The minimum absolute atomic E-state index is 0.223. The summed E-state index contributed by atoms with van der Waals surface area (Å²) in [5.41, 5.74) is 0. The molecular weight excluding hydrogens is 200 g/mol. The topological polar surface area (TPSA) is 41.1 Å². The molecule has 16 heavy (non-hydrogen) atoms. The molecule has 3 heteroatoms. The predicted octanol–water partition coefficient (Wildman–Crippen LogP) is 1.82. The summed E-state index contributed by atoms with van der Waals surface area (Å²) in [6, 6.07) is 1.04. The Morgan fingerprint density at radius 1 is 1.25 bits per heavy atom. The highest BCUT2D eigenvalue weighted by Crippen LogP contribution is 2.23. The van der Waals surface area contributed by atoms with Crippen molar-refractivity contribution in [2.45, 2.75) is 64.0 Å². The number of nitrogens with one attached hydrogen (secondary N) is 2. The molecule has 0 radical (unpaired) electrons. The summed E-state index contributed by atoms with van der Waals surface area (Å²) in [5.74, 6) is 1.01. The van der Waals surface area contributed by atoms with Gasteiger partial charge in [-0.2, -0.15) is 0 Å². The Labute approximate surface area is 98.4 Å². The van der Waals surface area contributed by atoms with E-state index in [0.717, 1.165) is 18.9 Å². The van der Waals surface area contributed by atoms with E-state index in [9.17, 15) is 4.79 Å². The van der Waals surface area contributed by atoms with Crippen LogP contribution in [0.25, 0.3) is 0 Å². The van der Waals surface area contributed by atoms with Gasteiger partial charge in [-0.1, -0.05) is 26.2 Å². The van der Waals surface area contributed by atoms with E-state index in [2.05, 4.69) is 17.6 Å². The van der Waals surface area contributed by atoms with Crippen LogP contribution in [0.1, 0.15) is 51.9 Å². The summed E-state index contributed by atoms with van der Waals surface area (Å²) in [6.45, 7) is 3.32. The highest BCUT2D eigenvalue weighted by molar-refractivity contribution is 5.78. The van der Waals surface area contributed by atoms with Gasteiger partial charge in [0.05, 0.1) is 0 Å². The molecule has 1 aliphatic heterocycles. The van der Waals surface area contributed by atoms with E-state index in [1.165, 1.54) is 32.1 Å². The molecule has 1 saturated heterocycles. The first-order chi connectivity index (χ1) is 7.75. The van der Waals surface area contributed by atoms with Crippen molar-refractivity contribution >= 4 is 5.91 Å². The summed E-state index contributed by atoms with van der Waals surface area (Å²) in [6.07, 6.45) is 8.53. The number of carbonyl (C=O) groups excluding carboxylic acids is 1. The molecule has 0 spiro atoms. The third-order valence-corrected chi connectivity index (χ3v) is 4.07. The Bertz CT molecular complexity index is 242. The molecule has 2 fully saturated rings. The van der Waals surface area contributed by atoms with Crippen LogP contribution in [0, 0.1) is 5.92 Å². The molecule has 3 atom stereocenters. The monoisotopic (exact) mass is 224 g/mol. The van der Waals surface area contributed by atoms with Gasteiger partial charge in [0.2, 0.25) is 5.91 Å². The molecule has 3 nitrogen and oxygen atoms in total. The number of amides is 1. The summed E-state index contributed by atoms with van der Waals surface area (Å²) < 4.78 is 0. The fourth-order valence-corrected chi connectivity index (χ4v) is 2.92. The van der Waals surface area contributed by atoms with E-state index in [4.69, 9.17) is 0 Å². The lowest BCUT2D eigenvalue weighted by molar-refractivity contribution is -0.119. The molecule has 0 bridgehead atoms. The molecular formula is C13H24N2O. The van der Waals surface area contributed by atoms with Crippen molar-refractivity contribution in [3.8, 4) is 0 Å². The van der Waals surface area contributed by atoms with Gasteiger partial charge in [-0.15, -0.1) is 0 Å². The molecule has 1 aliphatic carbocycles. The maximum absolute atomic E-state index is 11.1. The van der Waals surface area contributed by atoms with Gasteiger partial charge in [-0.3, -0.25) is 4.79 Å². The number of rotatable bonds is 3. The molecule has 3 unspecified atom stereocenters. The van der Waals surface area contributed by atoms with Crippen molar-refractivity contribution in [3.63, 3.8) is 0 Å². The van der Waals surface area contributed by atoms with Crippen molar-refractivity contribution in [2.75, 3.05) is 6.54 Å². The molecule has 2 aliphatic rings. The third-order valence-electron chi connectivity index (χ3n) is 4.07. The summed E-state index contributed by atoms with van der Waals surface area (Å²) >= 11 is 0. The van der Waals surface area contributed by atoms with Crippen molar-refractivity contribution in [1.82, 2.24) is 10.6 Å². The fourth-order valence-electron chi connectivity index (χ4n) is 2.92. The van der Waals surface area contributed by atoms with Crippen LogP contribution in [0.3, 0.4) is 0 Å². The van der Waals surface area contributed by atoms with E-state index >= 15 is 0 Å². The lowest BCUT2D eigenvalue weighted by atomic mass is 9.97. The van der Waals surface area contributed by atoms with Crippen LogP contribution in [0.5, 0.6) is 0 Å². The van der Waals surface area contributed by atoms with Gasteiger partial charge in [-0.25, -0.2) is 0 Å². The maximum Gasteiger partial charge on any atom is 0.220 e. The average molecular weight is 224 g/mol. The van der Waals surface area contributed by atoms with Gasteiger partial charge >= 0.3 is 0 Å². The molecule has 0 aromatic rings. The van der Waals surface area contributed by atoms with Crippen molar-refractivity contribution in [2.24, 2.45) is 5.92 Å². The zero-order valence-corrected chi connectivity index (χ0v) is 10.3. The maximum atomic E-state index is 11.1. The van der Waals surface area contributed by atoms with Crippen LogP contribution < -0.4 is 10.6 Å². The minimum Gasteiger partial charge on any atom is -0.352 e. The Morgan fingerprint density at radius 2 is 2.06 bits per heavy atom. The van der Waals surface area contributed by atoms with Gasteiger partial charge in [0.1, 0.15) is 0 Å². The number of hydrogen-bond acceptors (Lipinski definition) is 2. The molecule has 2 N–H and O–H groups in total. The largest absolute Gasteiger partial charge is 0.352 e. The highest BCUT2D eigenvalue weighted by atomic mass is 16.1. The van der Waals surface area contributed by atoms with E-state index in [0.29, 0.717) is 18.5 Å². The van der Waals surface area contributed by atoms with E-state index in [1.54, 1.807) is 0 Å². The summed E-state index contributed by atoms with van der Waals surface area (Å²) in [5, 5.41) is 6.68. The van der Waals surface area contributed by atoms with Crippen LogP contribution in [-0.4, -0.2) is 24.5 Å². The van der Waals surface area contributed by atoms with Crippen molar-refractivity contribution < 1.29 is 4.79 Å². The summed E-state index contributed by atoms with van der Waals surface area (Å²) in [4.78, 5) is 11.1. The summed E-state index contributed by atoms with van der Waals surface area (Å²) in [7, 11) is 0. The van der Waals surface area contributed by atoms with Gasteiger partial charge in [0.25, 0.3) is 0 Å². The number of carbonyl (C=O) groups is 1. The Morgan fingerprint density at radius 3 is 2.81 bits per heavy atom. The smallest absolute Gasteiger partial charge is 0.220 e. The lowest BCUT2D eigenvalue weighted by Gasteiger charge is -2.24. The number of hydrogen-bond donors (Lipinski definition) is 2. The van der Waals surface area contributed by atoms with Gasteiger partial charge in [-0.05, 0) is 25.2 Å². The van der Waals surface area contributed by atoms with Crippen LogP contribution in [0.2, 0.25) is 0 Å². The van der Waals surface area contributed by atoms with Crippen molar-refractivity contribution in [1.29, 1.82) is 0 Å². The molecule has 0 aromatic carbocycles. The van der Waals surface area contributed by atoms with Crippen LogP contribution in [0.15, 0.2) is 0 Å². The minimum atomic E-state index is 0.223. The SMILES string of the molecule is CC1CCCCCC1NCC1CCC(=O)N1. The Hall–Kier alpha value is -0.570. The zero-order chi connectivity index (χ0) is 11.4. The molecule has 92 valence electrons. The predicted molar refractivity (Wildman–Crippen MR) is 65.2 cm³/mol. The van der Waals surface area contributed by atoms with E-state index in [-0.39, 0.29) is 5.91 Å². The first kappa shape index (κ1) is 11.9. The first-order valence-corrected chi connectivity index (χ1v) is 6.78. The van der Waals surface area contributed by atoms with Gasteiger partial charge in [0.15, 0.2) is 0 Å². The van der Waals surface area contributed by atoms with E-state index in [1.807, 2.05) is 0 Å². The van der Waals surface area contributed by atoms with Gasteiger partial charge < -0.3 is 10.6 Å². The third kappa shape index (κ3) is 3.21. The second-order valence-corrected chi connectivity index (χ2v) is 5.43. The fraction of sp³-hybridized carbons (Fsp3) is 0.923. The molecule has 2 rings (SSSR count). The van der Waals surface area contributed by atoms with Gasteiger partial charge in [0, 0.05) is 25.0 Å². The highest BCUT2D eigenvalue weighted by Gasteiger charge is 2.24. The second-order valence-electron chi connectivity index (χ2n) is 5.43.